The second kappa shape index (κ2) is 9.37. The molecule has 5 rings (SSSR count). The number of carbonyl (C=O) groups excluding carboxylic acids is 4. The molecular formula is C29H30N2O5. The van der Waals surface area contributed by atoms with Crippen molar-refractivity contribution in [3.8, 4) is 5.75 Å². The summed E-state index contributed by atoms with van der Waals surface area (Å²) in [7, 11) is 0. The van der Waals surface area contributed by atoms with Gasteiger partial charge in [0.15, 0.2) is 0 Å². The van der Waals surface area contributed by atoms with Crippen molar-refractivity contribution in [1.82, 2.24) is 4.90 Å². The van der Waals surface area contributed by atoms with Crippen LogP contribution in [0.1, 0.15) is 50.3 Å². The molecule has 186 valence electrons. The molecule has 2 aromatic rings. The Morgan fingerprint density at radius 3 is 2.42 bits per heavy atom. The van der Waals surface area contributed by atoms with Crippen molar-refractivity contribution in [1.29, 1.82) is 0 Å². The third-order valence-corrected chi connectivity index (χ3v) is 7.69. The van der Waals surface area contributed by atoms with E-state index in [9.17, 15) is 19.2 Å². The van der Waals surface area contributed by atoms with Gasteiger partial charge in [-0.2, -0.15) is 0 Å². The fraction of sp³-hybridized carbons (Fsp3) is 0.379. The monoisotopic (exact) mass is 486 g/mol. The lowest BCUT2D eigenvalue weighted by Crippen LogP contribution is -2.31. The summed E-state index contributed by atoms with van der Waals surface area (Å²) < 4.78 is 5.63. The van der Waals surface area contributed by atoms with Gasteiger partial charge >= 0.3 is 5.97 Å². The molecule has 0 N–H and O–H groups in total. The first-order chi connectivity index (χ1) is 17.2. The van der Waals surface area contributed by atoms with Crippen LogP contribution in [0.5, 0.6) is 5.75 Å². The zero-order chi connectivity index (χ0) is 25.6. The summed E-state index contributed by atoms with van der Waals surface area (Å²) in [6.45, 7) is 6.04. The van der Waals surface area contributed by atoms with Gasteiger partial charge in [0.2, 0.25) is 17.7 Å². The maximum absolute atomic E-state index is 13.1. The molecule has 0 radical (unpaired) electrons. The van der Waals surface area contributed by atoms with E-state index in [1.807, 2.05) is 50.3 Å². The summed E-state index contributed by atoms with van der Waals surface area (Å²) in [5.41, 5.74) is 3.35. The minimum absolute atomic E-state index is 0.0721. The number of ether oxygens (including phenoxy) is 1. The van der Waals surface area contributed by atoms with E-state index in [1.165, 1.54) is 4.90 Å². The molecule has 2 fully saturated rings. The van der Waals surface area contributed by atoms with Crippen molar-refractivity contribution in [2.75, 3.05) is 11.4 Å². The molecule has 7 heteroatoms. The molecule has 4 atom stereocenters. The minimum Gasteiger partial charge on any atom is -0.426 e. The van der Waals surface area contributed by atoms with Crippen LogP contribution < -0.4 is 9.64 Å². The molecular weight excluding hydrogens is 456 g/mol. The van der Waals surface area contributed by atoms with Gasteiger partial charge in [0.25, 0.3) is 0 Å². The van der Waals surface area contributed by atoms with E-state index in [2.05, 4.69) is 0 Å². The Morgan fingerprint density at radius 2 is 1.69 bits per heavy atom. The van der Waals surface area contributed by atoms with Crippen molar-refractivity contribution in [2.45, 2.75) is 46.1 Å². The van der Waals surface area contributed by atoms with Crippen molar-refractivity contribution in [3.63, 3.8) is 0 Å². The fourth-order valence-corrected chi connectivity index (χ4v) is 5.59. The van der Waals surface area contributed by atoms with Gasteiger partial charge in [0, 0.05) is 13.0 Å². The number of fused-ring (bicyclic) bond motifs is 1. The van der Waals surface area contributed by atoms with E-state index >= 15 is 0 Å². The highest BCUT2D eigenvalue weighted by atomic mass is 16.5. The van der Waals surface area contributed by atoms with E-state index in [1.54, 1.807) is 30.0 Å². The molecule has 2 heterocycles. The van der Waals surface area contributed by atoms with Gasteiger partial charge in [-0.1, -0.05) is 42.0 Å². The van der Waals surface area contributed by atoms with Gasteiger partial charge in [-0.05, 0) is 62.9 Å². The number of benzene rings is 2. The van der Waals surface area contributed by atoms with Crippen LogP contribution in [0.2, 0.25) is 0 Å². The Hall–Kier alpha value is -3.74. The van der Waals surface area contributed by atoms with Crippen molar-refractivity contribution in [2.24, 2.45) is 17.8 Å². The van der Waals surface area contributed by atoms with Crippen molar-refractivity contribution >= 4 is 29.4 Å². The first-order valence-corrected chi connectivity index (χ1v) is 12.4. The van der Waals surface area contributed by atoms with E-state index in [0.717, 1.165) is 11.1 Å². The summed E-state index contributed by atoms with van der Waals surface area (Å²) >= 11 is 0. The van der Waals surface area contributed by atoms with Gasteiger partial charge < -0.3 is 9.64 Å². The average molecular weight is 487 g/mol. The van der Waals surface area contributed by atoms with Gasteiger partial charge in [-0.25, -0.2) is 4.90 Å². The molecule has 7 nitrogen and oxygen atoms in total. The van der Waals surface area contributed by atoms with Gasteiger partial charge in [-0.15, -0.1) is 0 Å². The summed E-state index contributed by atoms with van der Waals surface area (Å²) in [6, 6.07) is 14.5. The van der Waals surface area contributed by atoms with Gasteiger partial charge in [-0.3, -0.25) is 19.2 Å². The summed E-state index contributed by atoms with van der Waals surface area (Å²) in [5.74, 6) is -1.70. The average Bonchev–Trinajstić information content (AvgIpc) is 3.37. The first-order valence-electron chi connectivity index (χ1n) is 12.4. The standard InChI is InChI=1S/C29H30N2O5/c1-17-9-11-23-24(13-17)28(34)31(27(23)33)25-12-10-22(14-18(25)2)36-29(35)21-15-26(32)30(16-21)19(3)20-7-5-4-6-8-20/h4-10,12,14,19,21,23-24H,11,13,15-16H2,1-3H3/t19-,21+,23-,24+/m0/s1. The summed E-state index contributed by atoms with van der Waals surface area (Å²) in [4.78, 5) is 54.6. The number of rotatable bonds is 5. The number of anilines is 1. The third-order valence-electron chi connectivity index (χ3n) is 7.69. The molecule has 0 aromatic heterocycles. The Balaban J connectivity index is 1.26. The molecule has 0 saturated carbocycles. The SMILES string of the molecule is CC1=CC[C@@H]2C(=O)N(c3ccc(OC(=O)[C@@H]4CC(=O)N([C@@H](C)c5ccccc5)C4)cc3C)C(=O)[C@@H]2C1. The lowest BCUT2D eigenvalue weighted by atomic mass is 9.82. The van der Waals surface area contributed by atoms with E-state index < -0.39 is 11.9 Å². The van der Waals surface area contributed by atoms with E-state index in [4.69, 9.17) is 4.74 Å². The zero-order valence-electron chi connectivity index (χ0n) is 20.8. The molecule has 1 aliphatic carbocycles. The summed E-state index contributed by atoms with van der Waals surface area (Å²) in [5, 5.41) is 0. The van der Waals surface area contributed by atoms with Crippen LogP contribution in [0.3, 0.4) is 0 Å². The van der Waals surface area contributed by atoms with Crippen LogP contribution in [0.25, 0.3) is 0 Å². The summed E-state index contributed by atoms with van der Waals surface area (Å²) in [6.07, 6.45) is 3.35. The van der Waals surface area contributed by atoms with Crippen LogP contribution in [-0.4, -0.2) is 35.1 Å². The highest BCUT2D eigenvalue weighted by Gasteiger charge is 2.49. The van der Waals surface area contributed by atoms with Gasteiger partial charge in [0.05, 0.1) is 29.5 Å². The Bertz CT molecular complexity index is 1270. The number of amides is 3. The predicted molar refractivity (Wildman–Crippen MR) is 134 cm³/mol. The largest absolute Gasteiger partial charge is 0.426 e. The molecule has 2 aliphatic heterocycles. The Morgan fingerprint density at radius 1 is 0.972 bits per heavy atom. The lowest BCUT2D eigenvalue weighted by molar-refractivity contribution is -0.139. The maximum Gasteiger partial charge on any atom is 0.316 e. The van der Waals surface area contributed by atoms with Crippen LogP contribution in [-0.2, 0) is 19.2 Å². The van der Waals surface area contributed by atoms with Crippen LogP contribution >= 0.6 is 0 Å². The number of carbonyl (C=O) groups is 4. The second-order valence-corrected chi connectivity index (χ2v) is 10.1. The number of esters is 1. The number of nitrogens with zero attached hydrogens (tertiary/aromatic N) is 2. The number of hydrogen-bond donors (Lipinski definition) is 0. The smallest absolute Gasteiger partial charge is 0.316 e. The number of hydrogen-bond acceptors (Lipinski definition) is 5. The second-order valence-electron chi connectivity index (χ2n) is 10.1. The normalized spacial score (nSPS) is 24.6. The van der Waals surface area contributed by atoms with Gasteiger partial charge in [0.1, 0.15) is 5.75 Å². The zero-order valence-corrected chi connectivity index (χ0v) is 20.8. The van der Waals surface area contributed by atoms with Crippen LogP contribution in [0.15, 0.2) is 60.2 Å². The Labute approximate surface area is 210 Å². The molecule has 0 bridgehead atoms. The number of aryl methyl sites for hydroxylation is 1. The van der Waals surface area contributed by atoms with Crippen LogP contribution in [0.4, 0.5) is 5.69 Å². The highest BCUT2D eigenvalue weighted by molar-refractivity contribution is 6.22. The van der Waals surface area contributed by atoms with E-state index in [-0.39, 0.29) is 42.0 Å². The fourth-order valence-electron chi connectivity index (χ4n) is 5.59. The maximum atomic E-state index is 13.1. The first kappa shape index (κ1) is 24.0. The lowest BCUT2D eigenvalue weighted by Gasteiger charge is -2.25. The minimum atomic E-state index is -0.552. The number of likely N-dealkylation sites (tertiary alicyclic amines) is 1. The van der Waals surface area contributed by atoms with E-state index in [0.29, 0.717) is 36.4 Å². The third kappa shape index (κ3) is 4.23. The van der Waals surface area contributed by atoms with Crippen LogP contribution in [0, 0.1) is 24.7 Å². The molecule has 0 spiro atoms. The quantitative estimate of drug-likeness (QED) is 0.271. The predicted octanol–water partition coefficient (Wildman–Crippen LogP) is 4.36. The van der Waals surface area contributed by atoms with Crippen molar-refractivity contribution in [3.05, 3.63) is 71.3 Å². The number of allylic oxidation sites excluding steroid dienone is 2. The molecule has 3 aliphatic rings. The highest BCUT2D eigenvalue weighted by Crippen LogP contribution is 2.41. The molecule has 2 saturated heterocycles. The van der Waals surface area contributed by atoms with Crippen molar-refractivity contribution < 1.29 is 23.9 Å². The molecule has 3 amide bonds. The molecule has 36 heavy (non-hydrogen) atoms. The Kier molecular flexibility index (Phi) is 6.24. The molecule has 0 unspecified atom stereocenters. The number of imide groups is 1. The molecule has 2 aromatic carbocycles. The topological polar surface area (TPSA) is 84.0 Å².